The monoisotopic (exact) mass is 251 g/mol. The van der Waals surface area contributed by atoms with E-state index in [9.17, 15) is 0 Å². The summed E-state index contributed by atoms with van der Waals surface area (Å²) in [6.45, 7) is 6.90. The average molecular weight is 251 g/mol. The highest BCUT2D eigenvalue weighted by atomic mass is 32.1. The Kier molecular flexibility index (Phi) is 3.26. The Morgan fingerprint density at radius 1 is 1.41 bits per heavy atom. The van der Waals surface area contributed by atoms with Gasteiger partial charge in [0.15, 0.2) is 0 Å². The smallest absolute Gasteiger partial charge is 0.214 e. The molecule has 2 aromatic rings. The van der Waals surface area contributed by atoms with Gasteiger partial charge in [0.05, 0.1) is 0 Å². The second kappa shape index (κ2) is 4.54. The van der Waals surface area contributed by atoms with Crippen molar-refractivity contribution in [3.05, 3.63) is 24.0 Å². The average Bonchev–Trinajstić information content (AvgIpc) is 2.82. The molecule has 2 heterocycles. The number of nitrogens with zero attached hydrogens (tertiary/aromatic N) is 4. The van der Waals surface area contributed by atoms with E-state index in [0.717, 1.165) is 23.2 Å². The Bertz CT molecular complexity index is 494. The molecule has 2 rings (SSSR count). The molecule has 0 saturated carbocycles. The zero-order chi connectivity index (χ0) is 12.5. The van der Waals surface area contributed by atoms with Gasteiger partial charge in [-0.25, -0.2) is 9.97 Å². The first-order valence-corrected chi connectivity index (χ1v) is 6.36. The van der Waals surface area contributed by atoms with Gasteiger partial charge in [-0.1, -0.05) is 20.8 Å². The van der Waals surface area contributed by atoms with E-state index in [2.05, 4.69) is 35.1 Å². The van der Waals surface area contributed by atoms with Crippen LogP contribution in [0.15, 0.2) is 12.4 Å². The Hall–Kier alpha value is -1.27. The predicted molar refractivity (Wildman–Crippen MR) is 68.5 cm³/mol. The molecule has 17 heavy (non-hydrogen) atoms. The summed E-state index contributed by atoms with van der Waals surface area (Å²) in [5.74, 6) is 1.80. The van der Waals surface area contributed by atoms with E-state index >= 15 is 0 Å². The van der Waals surface area contributed by atoms with Gasteiger partial charge in [-0.2, -0.15) is 4.37 Å². The standard InChI is InChI=1S/C11H17N5S/c1-11(2,3)9-14-10(17-15-9)16-7-6-13-8(16)4-5-12/h6-7H,4-5,12H2,1-3H3. The highest BCUT2D eigenvalue weighted by molar-refractivity contribution is 7.08. The minimum absolute atomic E-state index is 0.0244. The van der Waals surface area contributed by atoms with Crippen LogP contribution in [0.1, 0.15) is 32.4 Å². The maximum atomic E-state index is 5.56. The van der Waals surface area contributed by atoms with Gasteiger partial charge in [0.1, 0.15) is 11.6 Å². The number of nitrogens with two attached hydrogens (primary N) is 1. The lowest BCUT2D eigenvalue weighted by Gasteiger charge is -2.12. The number of imidazole rings is 1. The van der Waals surface area contributed by atoms with Crippen LogP contribution in [0.4, 0.5) is 0 Å². The van der Waals surface area contributed by atoms with Crippen molar-refractivity contribution < 1.29 is 0 Å². The van der Waals surface area contributed by atoms with Crippen LogP contribution < -0.4 is 5.73 Å². The molecule has 92 valence electrons. The number of hydrogen-bond acceptors (Lipinski definition) is 5. The zero-order valence-corrected chi connectivity index (χ0v) is 11.2. The highest BCUT2D eigenvalue weighted by Crippen LogP contribution is 2.22. The lowest BCUT2D eigenvalue weighted by Crippen LogP contribution is -2.13. The molecule has 0 atom stereocenters. The van der Waals surface area contributed by atoms with Crippen LogP contribution in [0.2, 0.25) is 0 Å². The topological polar surface area (TPSA) is 69.6 Å². The second-order valence-electron chi connectivity index (χ2n) is 4.90. The largest absolute Gasteiger partial charge is 0.330 e. The third kappa shape index (κ3) is 2.53. The minimum atomic E-state index is -0.0244. The molecular weight excluding hydrogens is 234 g/mol. The number of hydrogen-bond donors (Lipinski definition) is 1. The molecule has 0 aliphatic carbocycles. The molecule has 0 saturated heterocycles. The first kappa shape index (κ1) is 12.2. The van der Waals surface area contributed by atoms with E-state index < -0.39 is 0 Å². The lowest BCUT2D eigenvalue weighted by molar-refractivity contribution is 0.553. The highest BCUT2D eigenvalue weighted by Gasteiger charge is 2.20. The minimum Gasteiger partial charge on any atom is -0.330 e. The Balaban J connectivity index is 2.34. The molecule has 0 aliphatic heterocycles. The summed E-state index contributed by atoms with van der Waals surface area (Å²) >= 11 is 1.40. The van der Waals surface area contributed by atoms with Gasteiger partial charge in [0.2, 0.25) is 5.13 Å². The fourth-order valence-corrected chi connectivity index (χ4v) is 2.30. The van der Waals surface area contributed by atoms with Crippen molar-refractivity contribution in [1.29, 1.82) is 0 Å². The summed E-state index contributed by atoms with van der Waals surface area (Å²) in [5.41, 5.74) is 5.53. The molecule has 0 aliphatic rings. The summed E-state index contributed by atoms with van der Waals surface area (Å²) < 4.78 is 6.35. The van der Waals surface area contributed by atoms with Gasteiger partial charge in [-0.3, -0.25) is 4.57 Å². The molecule has 2 aromatic heterocycles. The van der Waals surface area contributed by atoms with Crippen molar-refractivity contribution in [3.8, 4) is 5.13 Å². The van der Waals surface area contributed by atoms with Gasteiger partial charge in [0, 0.05) is 35.8 Å². The Labute approximate surface area is 105 Å². The Morgan fingerprint density at radius 3 is 2.76 bits per heavy atom. The van der Waals surface area contributed by atoms with E-state index in [-0.39, 0.29) is 5.41 Å². The van der Waals surface area contributed by atoms with Gasteiger partial charge in [-0.15, -0.1) is 0 Å². The van der Waals surface area contributed by atoms with Crippen molar-refractivity contribution in [2.45, 2.75) is 32.6 Å². The van der Waals surface area contributed by atoms with Crippen LogP contribution in [0, 0.1) is 0 Å². The van der Waals surface area contributed by atoms with Gasteiger partial charge in [-0.05, 0) is 6.54 Å². The summed E-state index contributed by atoms with van der Waals surface area (Å²) in [5, 5.41) is 0.857. The van der Waals surface area contributed by atoms with E-state index in [1.54, 1.807) is 6.20 Å². The van der Waals surface area contributed by atoms with E-state index in [0.29, 0.717) is 6.54 Å². The van der Waals surface area contributed by atoms with Crippen molar-refractivity contribution in [3.63, 3.8) is 0 Å². The van der Waals surface area contributed by atoms with E-state index in [1.807, 2.05) is 10.8 Å². The predicted octanol–water partition coefficient (Wildman–Crippen LogP) is 1.52. The molecular formula is C11H17N5S. The maximum Gasteiger partial charge on any atom is 0.214 e. The molecule has 6 heteroatoms. The fourth-order valence-electron chi connectivity index (χ4n) is 1.44. The van der Waals surface area contributed by atoms with Crippen LogP contribution in [0.25, 0.3) is 5.13 Å². The summed E-state index contributed by atoms with van der Waals surface area (Å²) in [6.07, 6.45) is 4.42. The van der Waals surface area contributed by atoms with Crippen molar-refractivity contribution in [2.24, 2.45) is 5.73 Å². The Morgan fingerprint density at radius 2 is 2.18 bits per heavy atom. The first-order valence-electron chi connectivity index (χ1n) is 5.59. The molecule has 0 radical (unpaired) electrons. The molecule has 0 amide bonds. The molecule has 5 nitrogen and oxygen atoms in total. The molecule has 0 fully saturated rings. The lowest BCUT2D eigenvalue weighted by atomic mass is 9.96. The van der Waals surface area contributed by atoms with Crippen LogP contribution in [0.3, 0.4) is 0 Å². The molecule has 0 aromatic carbocycles. The zero-order valence-electron chi connectivity index (χ0n) is 10.3. The normalized spacial score (nSPS) is 12.0. The molecule has 0 unspecified atom stereocenters. The van der Waals surface area contributed by atoms with Gasteiger partial charge >= 0.3 is 0 Å². The van der Waals surface area contributed by atoms with Crippen LogP contribution >= 0.6 is 11.5 Å². The van der Waals surface area contributed by atoms with E-state index in [4.69, 9.17) is 5.73 Å². The molecule has 0 bridgehead atoms. The molecule has 0 spiro atoms. The van der Waals surface area contributed by atoms with Crippen molar-refractivity contribution in [1.82, 2.24) is 18.9 Å². The third-order valence-electron chi connectivity index (χ3n) is 2.38. The van der Waals surface area contributed by atoms with Crippen molar-refractivity contribution in [2.75, 3.05) is 6.54 Å². The summed E-state index contributed by atoms with van der Waals surface area (Å²) in [7, 11) is 0. The van der Waals surface area contributed by atoms with Crippen LogP contribution in [-0.2, 0) is 11.8 Å². The SMILES string of the molecule is CC(C)(C)c1nsc(-n2ccnc2CCN)n1. The number of aromatic nitrogens is 4. The fraction of sp³-hybridized carbons (Fsp3) is 0.545. The van der Waals surface area contributed by atoms with Crippen LogP contribution in [-0.4, -0.2) is 25.5 Å². The molecule has 2 N–H and O–H groups in total. The second-order valence-corrected chi connectivity index (χ2v) is 5.63. The third-order valence-corrected chi connectivity index (χ3v) is 3.09. The van der Waals surface area contributed by atoms with Gasteiger partial charge in [0.25, 0.3) is 0 Å². The summed E-state index contributed by atoms with van der Waals surface area (Å²) in [4.78, 5) is 8.83. The maximum absolute atomic E-state index is 5.56. The van der Waals surface area contributed by atoms with Crippen molar-refractivity contribution >= 4 is 11.5 Å². The number of rotatable bonds is 3. The van der Waals surface area contributed by atoms with E-state index in [1.165, 1.54) is 11.5 Å². The first-order chi connectivity index (χ1) is 8.02. The van der Waals surface area contributed by atoms with Crippen LogP contribution in [0.5, 0.6) is 0 Å². The quantitative estimate of drug-likeness (QED) is 0.898. The van der Waals surface area contributed by atoms with Gasteiger partial charge < -0.3 is 5.73 Å². The summed E-state index contributed by atoms with van der Waals surface area (Å²) in [6, 6.07) is 0.